The van der Waals surface area contributed by atoms with Gasteiger partial charge in [0.25, 0.3) is 5.91 Å². The average Bonchev–Trinajstić information content (AvgIpc) is 3.19. The van der Waals surface area contributed by atoms with Crippen LogP contribution in [0.2, 0.25) is 0 Å². The summed E-state index contributed by atoms with van der Waals surface area (Å²) in [6.45, 7) is 0.328. The third-order valence-corrected chi connectivity index (χ3v) is 3.48. The lowest BCUT2D eigenvalue weighted by molar-refractivity contribution is 0.0930. The summed E-state index contributed by atoms with van der Waals surface area (Å²) in [7, 11) is 0. The van der Waals surface area contributed by atoms with Crippen molar-refractivity contribution in [3.63, 3.8) is 0 Å². The quantitative estimate of drug-likeness (QED) is 0.646. The smallest absolute Gasteiger partial charge is 0.287 e. The lowest BCUT2D eigenvalue weighted by Crippen LogP contribution is -2.32. The Kier molecular flexibility index (Phi) is 4.20. The van der Waals surface area contributed by atoms with E-state index >= 15 is 0 Å². The van der Waals surface area contributed by atoms with E-state index in [4.69, 9.17) is 4.42 Å². The second-order valence-corrected chi connectivity index (χ2v) is 5.14. The van der Waals surface area contributed by atoms with Gasteiger partial charge in [-0.25, -0.2) is 4.98 Å². The summed E-state index contributed by atoms with van der Waals surface area (Å²) in [6.07, 6.45) is 2.17. The van der Waals surface area contributed by atoms with E-state index in [0.717, 1.165) is 16.8 Å². The highest BCUT2D eigenvalue weighted by molar-refractivity contribution is 5.94. The predicted molar refractivity (Wildman–Crippen MR) is 81.4 cm³/mol. The SMILES string of the molecule is O=C(NC[C@@H](CO)Cc1ccco1)c1nc2ccccc2[nH]1. The van der Waals surface area contributed by atoms with E-state index in [1.54, 1.807) is 12.3 Å². The molecule has 0 bridgehead atoms. The van der Waals surface area contributed by atoms with E-state index in [1.165, 1.54) is 0 Å². The molecule has 2 aromatic heterocycles. The maximum absolute atomic E-state index is 12.1. The standard InChI is InChI=1S/C16H17N3O3/c20-10-11(8-12-4-3-7-22-12)9-17-16(21)15-18-13-5-1-2-6-14(13)19-15/h1-7,11,20H,8-10H2,(H,17,21)(H,18,19)/t11-/m0/s1. The van der Waals surface area contributed by atoms with Crippen LogP contribution in [0.4, 0.5) is 0 Å². The zero-order valence-corrected chi connectivity index (χ0v) is 12.0. The number of aliphatic hydroxyl groups excluding tert-OH is 1. The number of aliphatic hydroxyl groups is 1. The van der Waals surface area contributed by atoms with E-state index in [2.05, 4.69) is 15.3 Å². The molecule has 1 atom stereocenters. The second-order valence-electron chi connectivity index (χ2n) is 5.14. The van der Waals surface area contributed by atoms with Crippen LogP contribution < -0.4 is 5.32 Å². The van der Waals surface area contributed by atoms with Crippen molar-refractivity contribution in [2.24, 2.45) is 5.92 Å². The van der Waals surface area contributed by atoms with Crippen molar-refractivity contribution in [2.45, 2.75) is 6.42 Å². The fraction of sp³-hybridized carbons (Fsp3) is 0.250. The molecule has 0 saturated heterocycles. The van der Waals surface area contributed by atoms with Gasteiger partial charge in [0.1, 0.15) is 5.76 Å². The molecule has 22 heavy (non-hydrogen) atoms. The van der Waals surface area contributed by atoms with Crippen LogP contribution in [-0.2, 0) is 6.42 Å². The lowest BCUT2D eigenvalue weighted by Gasteiger charge is -2.13. The van der Waals surface area contributed by atoms with Gasteiger partial charge in [-0.2, -0.15) is 0 Å². The molecule has 6 heteroatoms. The first-order chi connectivity index (χ1) is 10.8. The van der Waals surface area contributed by atoms with Crippen molar-refractivity contribution >= 4 is 16.9 Å². The monoisotopic (exact) mass is 299 g/mol. The van der Waals surface area contributed by atoms with Gasteiger partial charge in [0.15, 0.2) is 5.82 Å². The Labute approximate surface area is 127 Å². The number of carbonyl (C=O) groups excluding carboxylic acids is 1. The number of imidazole rings is 1. The van der Waals surface area contributed by atoms with Crippen molar-refractivity contribution in [3.05, 3.63) is 54.2 Å². The van der Waals surface area contributed by atoms with Gasteiger partial charge in [-0.05, 0) is 24.3 Å². The summed E-state index contributed by atoms with van der Waals surface area (Å²) in [6, 6.07) is 11.1. The summed E-state index contributed by atoms with van der Waals surface area (Å²) in [5.74, 6) is 0.682. The molecular formula is C16H17N3O3. The minimum Gasteiger partial charge on any atom is -0.469 e. The summed E-state index contributed by atoms with van der Waals surface area (Å²) < 4.78 is 5.25. The molecule has 0 spiro atoms. The zero-order chi connectivity index (χ0) is 15.4. The maximum Gasteiger partial charge on any atom is 0.287 e. The van der Waals surface area contributed by atoms with E-state index in [1.807, 2.05) is 30.3 Å². The second kappa shape index (κ2) is 6.44. The van der Waals surface area contributed by atoms with Crippen molar-refractivity contribution in [2.75, 3.05) is 13.2 Å². The van der Waals surface area contributed by atoms with E-state index in [-0.39, 0.29) is 24.3 Å². The predicted octanol–water partition coefficient (Wildman–Crippen LogP) is 1.74. The number of nitrogens with zero attached hydrogens (tertiary/aromatic N) is 1. The van der Waals surface area contributed by atoms with Gasteiger partial charge in [-0.3, -0.25) is 4.79 Å². The fourth-order valence-corrected chi connectivity index (χ4v) is 2.30. The first-order valence-electron chi connectivity index (χ1n) is 7.12. The topological polar surface area (TPSA) is 91.2 Å². The number of aromatic amines is 1. The number of para-hydroxylation sites is 2. The van der Waals surface area contributed by atoms with E-state index < -0.39 is 0 Å². The molecule has 0 aliphatic heterocycles. The van der Waals surface area contributed by atoms with Gasteiger partial charge >= 0.3 is 0 Å². The summed E-state index contributed by atoms with van der Waals surface area (Å²) in [5.41, 5.74) is 1.57. The molecule has 1 amide bonds. The maximum atomic E-state index is 12.1. The molecule has 1 aromatic carbocycles. The molecule has 2 heterocycles. The Morgan fingerprint density at radius 3 is 2.91 bits per heavy atom. The van der Waals surface area contributed by atoms with Crippen LogP contribution in [0.25, 0.3) is 11.0 Å². The van der Waals surface area contributed by atoms with Gasteiger partial charge in [-0.15, -0.1) is 0 Å². The van der Waals surface area contributed by atoms with Crippen molar-refractivity contribution in [1.29, 1.82) is 0 Å². The third kappa shape index (κ3) is 3.17. The Morgan fingerprint density at radius 1 is 1.32 bits per heavy atom. The molecule has 3 N–H and O–H groups in total. The highest BCUT2D eigenvalue weighted by Gasteiger charge is 2.15. The lowest BCUT2D eigenvalue weighted by atomic mass is 10.1. The molecule has 3 rings (SSSR count). The van der Waals surface area contributed by atoms with E-state index in [9.17, 15) is 9.90 Å². The van der Waals surface area contributed by atoms with Gasteiger partial charge in [-0.1, -0.05) is 12.1 Å². The van der Waals surface area contributed by atoms with Crippen LogP contribution >= 0.6 is 0 Å². The van der Waals surface area contributed by atoms with Gasteiger partial charge < -0.3 is 19.8 Å². The van der Waals surface area contributed by atoms with Gasteiger partial charge in [0.05, 0.1) is 17.3 Å². The third-order valence-electron chi connectivity index (χ3n) is 3.48. The number of H-pyrrole nitrogens is 1. The summed E-state index contributed by atoms with van der Waals surface area (Å²) in [4.78, 5) is 19.3. The molecule has 0 aliphatic rings. The Morgan fingerprint density at radius 2 is 2.18 bits per heavy atom. The highest BCUT2D eigenvalue weighted by Crippen LogP contribution is 2.11. The number of furan rings is 1. The minimum atomic E-state index is -0.283. The molecule has 0 saturated carbocycles. The Balaban J connectivity index is 1.61. The van der Waals surface area contributed by atoms with Crippen LogP contribution in [0.3, 0.4) is 0 Å². The zero-order valence-electron chi connectivity index (χ0n) is 12.0. The first-order valence-corrected chi connectivity index (χ1v) is 7.12. The van der Waals surface area contributed by atoms with Crippen LogP contribution in [0.5, 0.6) is 0 Å². The molecule has 3 aromatic rings. The molecule has 0 unspecified atom stereocenters. The number of rotatable bonds is 6. The highest BCUT2D eigenvalue weighted by atomic mass is 16.3. The molecular weight excluding hydrogens is 282 g/mol. The normalized spacial score (nSPS) is 12.4. The molecule has 0 radical (unpaired) electrons. The number of hydrogen-bond acceptors (Lipinski definition) is 4. The first kappa shape index (κ1) is 14.3. The molecule has 0 aliphatic carbocycles. The number of aromatic nitrogens is 2. The van der Waals surface area contributed by atoms with Gasteiger partial charge in [0, 0.05) is 25.5 Å². The number of amides is 1. The Hall–Kier alpha value is -2.60. The largest absolute Gasteiger partial charge is 0.469 e. The van der Waals surface area contributed by atoms with Crippen LogP contribution in [-0.4, -0.2) is 34.1 Å². The van der Waals surface area contributed by atoms with Crippen molar-refractivity contribution in [1.82, 2.24) is 15.3 Å². The van der Waals surface area contributed by atoms with Gasteiger partial charge in [0.2, 0.25) is 0 Å². The Bertz CT molecular complexity index is 716. The fourth-order valence-electron chi connectivity index (χ4n) is 2.30. The molecule has 114 valence electrons. The minimum absolute atomic E-state index is 0.0267. The van der Waals surface area contributed by atoms with Crippen LogP contribution in [0, 0.1) is 5.92 Å². The number of carbonyl (C=O) groups is 1. The number of nitrogens with one attached hydrogen (secondary N) is 2. The molecule has 0 fully saturated rings. The number of benzene rings is 1. The van der Waals surface area contributed by atoms with Crippen molar-refractivity contribution in [3.8, 4) is 0 Å². The van der Waals surface area contributed by atoms with Crippen LogP contribution in [0.15, 0.2) is 47.1 Å². The molecule has 6 nitrogen and oxygen atoms in total. The van der Waals surface area contributed by atoms with Crippen LogP contribution in [0.1, 0.15) is 16.4 Å². The number of fused-ring (bicyclic) bond motifs is 1. The average molecular weight is 299 g/mol. The van der Waals surface area contributed by atoms with Crippen molar-refractivity contribution < 1.29 is 14.3 Å². The van der Waals surface area contributed by atoms with E-state index in [0.29, 0.717) is 13.0 Å². The summed E-state index contributed by atoms with van der Waals surface area (Å²) in [5, 5.41) is 12.2. The number of hydrogen-bond donors (Lipinski definition) is 3. The summed E-state index contributed by atoms with van der Waals surface area (Å²) >= 11 is 0.